The topological polar surface area (TPSA) is 72.2 Å². The van der Waals surface area contributed by atoms with Gasteiger partial charge in [0.2, 0.25) is 0 Å². The number of aromatic amines is 2. The Kier molecular flexibility index (Phi) is 4.73. The fraction of sp³-hybridized carbons (Fsp3) is 0.579. The van der Waals surface area contributed by atoms with E-state index in [4.69, 9.17) is 0 Å². The predicted molar refractivity (Wildman–Crippen MR) is 99.9 cm³/mol. The van der Waals surface area contributed by atoms with Crippen molar-refractivity contribution < 1.29 is 4.79 Å². The first-order valence-electron chi connectivity index (χ1n) is 8.92. The molecule has 2 heterocycles. The molecule has 1 fully saturated rings. The Hall–Kier alpha value is -2.08. The third-order valence-corrected chi connectivity index (χ3v) is 5.37. The van der Waals surface area contributed by atoms with Crippen LogP contribution in [0.4, 0.5) is 0 Å². The standard InChI is InChI=1S/C19H28N4O2/c1-19(2,12-22(3)4)14-7-9-23(10-8-14)17(24)13-5-6-15-16(11-13)21-18(25)20-15/h5-6,11,14H,7-10,12H2,1-4H3,(H2,20,21,25). The lowest BCUT2D eigenvalue weighted by Crippen LogP contribution is -2.44. The summed E-state index contributed by atoms with van der Waals surface area (Å²) in [6.45, 7) is 7.30. The van der Waals surface area contributed by atoms with Crippen molar-refractivity contribution in [3.8, 4) is 0 Å². The number of imidazole rings is 1. The van der Waals surface area contributed by atoms with Gasteiger partial charge in [0.25, 0.3) is 5.91 Å². The van der Waals surface area contributed by atoms with Gasteiger partial charge in [0.15, 0.2) is 0 Å². The lowest BCUT2D eigenvalue weighted by atomic mass is 9.73. The molecular weight excluding hydrogens is 316 g/mol. The molecule has 0 unspecified atom stereocenters. The third-order valence-electron chi connectivity index (χ3n) is 5.37. The van der Waals surface area contributed by atoms with Crippen molar-refractivity contribution in [1.82, 2.24) is 19.8 Å². The molecule has 0 aliphatic carbocycles. The zero-order chi connectivity index (χ0) is 18.2. The van der Waals surface area contributed by atoms with Crippen molar-refractivity contribution >= 4 is 16.9 Å². The molecule has 1 aromatic carbocycles. The number of amides is 1. The Bertz CT molecular complexity index is 810. The molecular formula is C19H28N4O2. The number of rotatable bonds is 4. The molecule has 6 heteroatoms. The normalized spacial score (nSPS) is 16.8. The van der Waals surface area contributed by atoms with Crippen molar-refractivity contribution in [3.05, 3.63) is 34.2 Å². The minimum atomic E-state index is -0.247. The van der Waals surface area contributed by atoms with Crippen LogP contribution in [0.25, 0.3) is 11.0 Å². The molecule has 1 aromatic heterocycles. The quantitative estimate of drug-likeness (QED) is 0.894. The van der Waals surface area contributed by atoms with Crippen LogP contribution in [0.3, 0.4) is 0 Å². The molecule has 0 spiro atoms. The first kappa shape index (κ1) is 17.7. The highest BCUT2D eigenvalue weighted by Gasteiger charge is 2.34. The van der Waals surface area contributed by atoms with Gasteiger partial charge in [-0.15, -0.1) is 0 Å². The summed E-state index contributed by atoms with van der Waals surface area (Å²) in [6.07, 6.45) is 2.08. The van der Waals surface area contributed by atoms with E-state index in [2.05, 4.69) is 42.8 Å². The zero-order valence-corrected chi connectivity index (χ0v) is 15.6. The summed E-state index contributed by atoms with van der Waals surface area (Å²) in [7, 11) is 4.23. The van der Waals surface area contributed by atoms with Gasteiger partial charge < -0.3 is 19.8 Å². The maximum atomic E-state index is 12.8. The number of fused-ring (bicyclic) bond motifs is 1. The minimum Gasteiger partial charge on any atom is -0.339 e. The van der Waals surface area contributed by atoms with E-state index in [9.17, 15) is 9.59 Å². The fourth-order valence-corrected chi connectivity index (χ4v) is 4.16. The van der Waals surface area contributed by atoms with Gasteiger partial charge in [-0.05, 0) is 56.5 Å². The highest BCUT2D eigenvalue weighted by Crippen LogP contribution is 2.35. The molecule has 25 heavy (non-hydrogen) atoms. The average molecular weight is 344 g/mol. The van der Waals surface area contributed by atoms with Crippen LogP contribution in [0.1, 0.15) is 37.0 Å². The lowest BCUT2D eigenvalue weighted by Gasteiger charge is -2.42. The molecule has 0 radical (unpaired) electrons. The van der Waals surface area contributed by atoms with Gasteiger partial charge in [0.05, 0.1) is 11.0 Å². The summed E-state index contributed by atoms with van der Waals surface area (Å²) in [5, 5.41) is 0. The van der Waals surface area contributed by atoms with Crippen LogP contribution in [0, 0.1) is 11.3 Å². The highest BCUT2D eigenvalue weighted by atomic mass is 16.2. The van der Waals surface area contributed by atoms with Gasteiger partial charge in [-0.25, -0.2) is 4.79 Å². The van der Waals surface area contributed by atoms with Crippen LogP contribution in [-0.2, 0) is 0 Å². The molecule has 1 aliphatic heterocycles. The first-order chi connectivity index (χ1) is 11.8. The van der Waals surface area contributed by atoms with Crippen molar-refractivity contribution in [2.24, 2.45) is 11.3 Å². The molecule has 1 amide bonds. The smallest absolute Gasteiger partial charge is 0.323 e. The summed E-state index contributed by atoms with van der Waals surface area (Å²) >= 11 is 0. The molecule has 136 valence electrons. The number of carbonyl (C=O) groups is 1. The maximum absolute atomic E-state index is 12.8. The number of hydrogen-bond donors (Lipinski definition) is 2. The second-order valence-corrected chi connectivity index (χ2v) is 8.13. The van der Waals surface area contributed by atoms with E-state index in [0.29, 0.717) is 17.0 Å². The van der Waals surface area contributed by atoms with Gasteiger partial charge in [0.1, 0.15) is 0 Å². The second kappa shape index (κ2) is 6.67. The Morgan fingerprint density at radius 1 is 1.20 bits per heavy atom. The van der Waals surface area contributed by atoms with E-state index in [-0.39, 0.29) is 17.0 Å². The van der Waals surface area contributed by atoms with Crippen LogP contribution in [0.15, 0.2) is 23.0 Å². The average Bonchev–Trinajstić information content (AvgIpc) is 2.92. The number of benzene rings is 1. The number of piperidine rings is 1. The molecule has 0 saturated carbocycles. The van der Waals surface area contributed by atoms with E-state index in [1.165, 1.54) is 0 Å². The number of hydrogen-bond acceptors (Lipinski definition) is 3. The number of likely N-dealkylation sites (tertiary alicyclic amines) is 1. The van der Waals surface area contributed by atoms with Crippen molar-refractivity contribution in [1.29, 1.82) is 0 Å². The molecule has 0 atom stereocenters. The second-order valence-electron chi connectivity index (χ2n) is 8.13. The maximum Gasteiger partial charge on any atom is 0.323 e. The van der Waals surface area contributed by atoms with Crippen molar-refractivity contribution in [3.63, 3.8) is 0 Å². The van der Waals surface area contributed by atoms with Crippen LogP contribution in [-0.4, -0.2) is 59.4 Å². The molecule has 1 aliphatic rings. The van der Waals surface area contributed by atoms with E-state index >= 15 is 0 Å². The monoisotopic (exact) mass is 344 g/mol. The predicted octanol–water partition coefficient (Wildman–Crippen LogP) is 2.30. The van der Waals surface area contributed by atoms with Crippen LogP contribution >= 0.6 is 0 Å². The summed E-state index contributed by atoms with van der Waals surface area (Å²) < 4.78 is 0. The largest absolute Gasteiger partial charge is 0.339 e. The van der Waals surface area contributed by atoms with Gasteiger partial charge in [-0.3, -0.25) is 4.79 Å². The Labute approximate surface area is 148 Å². The molecule has 1 saturated heterocycles. The number of aromatic nitrogens is 2. The molecule has 6 nitrogen and oxygen atoms in total. The summed E-state index contributed by atoms with van der Waals surface area (Å²) in [5.41, 5.74) is 2.04. The Morgan fingerprint density at radius 3 is 2.48 bits per heavy atom. The number of carbonyl (C=O) groups excluding carboxylic acids is 1. The Morgan fingerprint density at radius 2 is 1.84 bits per heavy atom. The van der Waals surface area contributed by atoms with Gasteiger partial charge in [-0.1, -0.05) is 13.8 Å². The van der Waals surface area contributed by atoms with Gasteiger partial charge in [0, 0.05) is 25.2 Å². The van der Waals surface area contributed by atoms with E-state index in [1.54, 1.807) is 18.2 Å². The lowest BCUT2D eigenvalue weighted by molar-refractivity contribution is 0.0535. The summed E-state index contributed by atoms with van der Waals surface area (Å²) in [4.78, 5) is 33.8. The zero-order valence-electron chi connectivity index (χ0n) is 15.6. The Balaban J connectivity index is 1.67. The van der Waals surface area contributed by atoms with Gasteiger partial charge in [-0.2, -0.15) is 0 Å². The number of nitrogens with one attached hydrogen (secondary N) is 2. The first-order valence-corrected chi connectivity index (χ1v) is 8.92. The van der Waals surface area contributed by atoms with Gasteiger partial charge >= 0.3 is 5.69 Å². The number of nitrogens with zero attached hydrogens (tertiary/aromatic N) is 2. The molecule has 3 rings (SSSR count). The van der Waals surface area contributed by atoms with Crippen molar-refractivity contribution in [2.45, 2.75) is 26.7 Å². The van der Waals surface area contributed by atoms with Crippen LogP contribution in [0.5, 0.6) is 0 Å². The van der Waals surface area contributed by atoms with Crippen LogP contribution in [0.2, 0.25) is 0 Å². The summed E-state index contributed by atoms with van der Waals surface area (Å²) in [6, 6.07) is 5.33. The van der Waals surface area contributed by atoms with Crippen LogP contribution < -0.4 is 5.69 Å². The van der Waals surface area contributed by atoms with E-state index < -0.39 is 0 Å². The highest BCUT2D eigenvalue weighted by molar-refractivity contribution is 5.97. The summed E-state index contributed by atoms with van der Waals surface area (Å²) in [5.74, 6) is 0.676. The van der Waals surface area contributed by atoms with Crippen molar-refractivity contribution in [2.75, 3.05) is 33.7 Å². The minimum absolute atomic E-state index is 0.0489. The molecule has 0 bridgehead atoms. The molecule has 2 N–H and O–H groups in total. The molecule has 2 aromatic rings. The SMILES string of the molecule is CN(C)CC(C)(C)C1CCN(C(=O)c2ccc3[nH]c(=O)[nH]c3c2)CC1. The number of H-pyrrole nitrogens is 2. The van der Waals surface area contributed by atoms with E-state index in [1.807, 2.05) is 4.90 Å². The fourth-order valence-electron chi connectivity index (χ4n) is 4.16. The van der Waals surface area contributed by atoms with E-state index in [0.717, 1.165) is 38.0 Å². The third kappa shape index (κ3) is 3.79.